The van der Waals surface area contributed by atoms with Crippen LogP contribution in [0.2, 0.25) is 0 Å². The number of ether oxygens (including phenoxy) is 1. The molecule has 1 unspecified atom stereocenters. The Morgan fingerprint density at radius 1 is 1.65 bits per heavy atom. The van der Waals surface area contributed by atoms with E-state index in [-0.39, 0.29) is 5.91 Å². The zero-order valence-corrected chi connectivity index (χ0v) is 9.48. The maximum Gasteiger partial charge on any atom is 0.251 e. The van der Waals surface area contributed by atoms with Crippen LogP contribution in [-0.4, -0.2) is 30.6 Å². The van der Waals surface area contributed by atoms with Crippen molar-refractivity contribution in [2.45, 2.75) is 6.42 Å². The molecule has 6 nitrogen and oxygen atoms in total. The third-order valence-corrected chi connectivity index (χ3v) is 2.75. The second-order valence-electron chi connectivity index (χ2n) is 4.01. The van der Waals surface area contributed by atoms with Crippen LogP contribution >= 0.6 is 0 Å². The number of hydrogen-bond acceptors (Lipinski definition) is 5. The average Bonchev–Trinajstić information content (AvgIpc) is 2.89. The lowest BCUT2D eigenvalue weighted by Crippen LogP contribution is -2.29. The van der Waals surface area contributed by atoms with Gasteiger partial charge in [0.1, 0.15) is 5.82 Å². The van der Waals surface area contributed by atoms with Gasteiger partial charge in [0.05, 0.1) is 6.61 Å². The molecule has 6 heteroatoms. The van der Waals surface area contributed by atoms with Crippen LogP contribution in [0, 0.1) is 5.92 Å². The summed E-state index contributed by atoms with van der Waals surface area (Å²) in [5, 5.41) is 2.88. The first-order valence-electron chi connectivity index (χ1n) is 5.58. The van der Waals surface area contributed by atoms with E-state index in [1.807, 2.05) is 0 Å². The highest BCUT2D eigenvalue weighted by Gasteiger charge is 2.16. The van der Waals surface area contributed by atoms with Gasteiger partial charge in [-0.1, -0.05) is 0 Å². The van der Waals surface area contributed by atoms with E-state index < -0.39 is 0 Å². The van der Waals surface area contributed by atoms with Gasteiger partial charge in [0.25, 0.3) is 5.91 Å². The monoisotopic (exact) mass is 236 g/mol. The summed E-state index contributed by atoms with van der Waals surface area (Å²) in [6.07, 6.45) is 2.55. The average molecular weight is 236 g/mol. The molecule has 92 valence electrons. The van der Waals surface area contributed by atoms with E-state index >= 15 is 0 Å². The number of nitrogens with zero attached hydrogens (tertiary/aromatic N) is 1. The number of rotatable bonds is 4. The maximum atomic E-state index is 11.8. The molecular weight excluding hydrogens is 220 g/mol. The molecule has 0 aliphatic carbocycles. The van der Waals surface area contributed by atoms with Crippen LogP contribution in [0.4, 0.5) is 5.82 Å². The molecule has 2 heterocycles. The third kappa shape index (κ3) is 3.15. The van der Waals surface area contributed by atoms with Crippen molar-refractivity contribution >= 4 is 11.7 Å². The summed E-state index contributed by atoms with van der Waals surface area (Å²) >= 11 is 0. The van der Waals surface area contributed by atoms with Crippen LogP contribution in [-0.2, 0) is 4.74 Å². The molecule has 1 aliphatic heterocycles. The minimum Gasteiger partial charge on any atom is -0.381 e. The van der Waals surface area contributed by atoms with Crippen molar-refractivity contribution in [3.05, 3.63) is 23.9 Å². The predicted octanol–water partition coefficient (Wildman–Crippen LogP) is 0.134. The Kier molecular flexibility index (Phi) is 3.89. The second kappa shape index (κ2) is 5.60. The Labute approximate surface area is 99.5 Å². The molecule has 1 aromatic rings. The van der Waals surface area contributed by atoms with E-state index in [0.29, 0.717) is 23.8 Å². The summed E-state index contributed by atoms with van der Waals surface area (Å²) in [5.41, 5.74) is 2.96. The van der Waals surface area contributed by atoms with E-state index in [1.54, 1.807) is 18.3 Å². The molecule has 0 aromatic carbocycles. The largest absolute Gasteiger partial charge is 0.381 e. The SMILES string of the molecule is NNc1cc(C(=O)NCC2CCOC2)ccn1. The van der Waals surface area contributed by atoms with Crippen LogP contribution < -0.4 is 16.6 Å². The molecule has 1 amide bonds. The smallest absolute Gasteiger partial charge is 0.251 e. The number of pyridine rings is 1. The van der Waals surface area contributed by atoms with E-state index in [4.69, 9.17) is 10.6 Å². The van der Waals surface area contributed by atoms with Crippen molar-refractivity contribution in [2.75, 3.05) is 25.2 Å². The first kappa shape index (κ1) is 11.8. The van der Waals surface area contributed by atoms with Crippen molar-refractivity contribution in [1.82, 2.24) is 10.3 Å². The molecule has 4 N–H and O–H groups in total. The van der Waals surface area contributed by atoms with Gasteiger partial charge in [0, 0.05) is 30.8 Å². The van der Waals surface area contributed by atoms with Gasteiger partial charge < -0.3 is 15.5 Å². The van der Waals surface area contributed by atoms with Gasteiger partial charge in [-0.2, -0.15) is 0 Å². The minimum absolute atomic E-state index is 0.115. The summed E-state index contributed by atoms with van der Waals surface area (Å²) in [6.45, 7) is 2.16. The Hall–Kier alpha value is -1.66. The Balaban J connectivity index is 1.89. The van der Waals surface area contributed by atoms with Crippen molar-refractivity contribution in [3.63, 3.8) is 0 Å². The molecule has 0 radical (unpaired) electrons. The number of amides is 1. The molecular formula is C11H16N4O2. The normalized spacial score (nSPS) is 19.0. The topological polar surface area (TPSA) is 89.3 Å². The molecule has 1 aliphatic rings. The lowest BCUT2D eigenvalue weighted by molar-refractivity contribution is 0.0945. The molecule has 1 aromatic heterocycles. The van der Waals surface area contributed by atoms with Crippen LogP contribution in [0.3, 0.4) is 0 Å². The van der Waals surface area contributed by atoms with Gasteiger partial charge in [0.15, 0.2) is 0 Å². The molecule has 0 bridgehead atoms. The summed E-state index contributed by atoms with van der Waals surface area (Å²) in [5.74, 6) is 6.01. The number of hydrazine groups is 1. The molecule has 1 fully saturated rings. The fourth-order valence-corrected chi connectivity index (χ4v) is 1.73. The number of carbonyl (C=O) groups is 1. The maximum absolute atomic E-state index is 11.8. The molecule has 17 heavy (non-hydrogen) atoms. The standard InChI is InChI=1S/C11H16N4O2/c12-15-10-5-9(1-3-13-10)11(16)14-6-8-2-4-17-7-8/h1,3,5,8H,2,4,6-7,12H2,(H,13,15)(H,14,16). The highest BCUT2D eigenvalue weighted by molar-refractivity contribution is 5.94. The first-order chi connectivity index (χ1) is 8.29. The van der Waals surface area contributed by atoms with E-state index in [0.717, 1.165) is 19.6 Å². The number of nitrogen functional groups attached to an aromatic ring is 1. The quantitative estimate of drug-likeness (QED) is 0.511. The third-order valence-electron chi connectivity index (χ3n) is 2.75. The number of anilines is 1. The number of hydrogen-bond donors (Lipinski definition) is 3. The van der Waals surface area contributed by atoms with Gasteiger partial charge in [-0.15, -0.1) is 0 Å². The van der Waals surface area contributed by atoms with Crippen LogP contribution in [0.15, 0.2) is 18.3 Å². The van der Waals surface area contributed by atoms with E-state index in [9.17, 15) is 4.79 Å². The number of aromatic nitrogens is 1. The molecule has 1 atom stereocenters. The van der Waals surface area contributed by atoms with Gasteiger partial charge in [-0.25, -0.2) is 10.8 Å². The molecule has 0 saturated carbocycles. The molecule has 1 saturated heterocycles. The fourth-order valence-electron chi connectivity index (χ4n) is 1.73. The summed E-state index contributed by atoms with van der Waals surface area (Å²) < 4.78 is 5.24. The fraction of sp³-hybridized carbons (Fsp3) is 0.455. The Morgan fingerprint density at radius 3 is 3.24 bits per heavy atom. The van der Waals surface area contributed by atoms with Crippen LogP contribution in [0.1, 0.15) is 16.8 Å². The zero-order chi connectivity index (χ0) is 12.1. The molecule has 0 spiro atoms. The summed E-state index contributed by atoms with van der Waals surface area (Å²) in [4.78, 5) is 15.8. The first-order valence-corrected chi connectivity index (χ1v) is 5.58. The van der Waals surface area contributed by atoms with Crippen LogP contribution in [0.5, 0.6) is 0 Å². The highest BCUT2D eigenvalue weighted by Crippen LogP contribution is 2.11. The Morgan fingerprint density at radius 2 is 2.53 bits per heavy atom. The Bertz CT molecular complexity index is 391. The van der Waals surface area contributed by atoms with Crippen molar-refractivity contribution in [1.29, 1.82) is 0 Å². The van der Waals surface area contributed by atoms with Gasteiger partial charge in [-0.3, -0.25) is 4.79 Å². The van der Waals surface area contributed by atoms with Gasteiger partial charge >= 0.3 is 0 Å². The van der Waals surface area contributed by atoms with Crippen molar-refractivity contribution in [3.8, 4) is 0 Å². The minimum atomic E-state index is -0.115. The van der Waals surface area contributed by atoms with Crippen molar-refractivity contribution < 1.29 is 9.53 Å². The lowest BCUT2D eigenvalue weighted by atomic mass is 10.1. The summed E-state index contributed by atoms with van der Waals surface area (Å²) in [6, 6.07) is 3.27. The van der Waals surface area contributed by atoms with E-state index in [2.05, 4.69) is 15.7 Å². The van der Waals surface area contributed by atoms with E-state index in [1.165, 1.54) is 0 Å². The number of carbonyl (C=O) groups excluding carboxylic acids is 1. The number of nitrogens with one attached hydrogen (secondary N) is 2. The van der Waals surface area contributed by atoms with Crippen molar-refractivity contribution in [2.24, 2.45) is 11.8 Å². The molecule has 2 rings (SSSR count). The lowest BCUT2D eigenvalue weighted by Gasteiger charge is -2.09. The highest BCUT2D eigenvalue weighted by atomic mass is 16.5. The second-order valence-corrected chi connectivity index (χ2v) is 4.01. The number of nitrogens with two attached hydrogens (primary N) is 1. The van der Waals surface area contributed by atoms with Crippen LogP contribution in [0.25, 0.3) is 0 Å². The van der Waals surface area contributed by atoms with Gasteiger partial charge in [-0.05, 0) is 18.6 Å². The zero-order valence-electron chi connectivity index (χ0n) is 9.48. The summed E-state index contributed by atoms with van der Waals surface area (Å²) in [7, 11) is 0. The predicted molar refractivity (Wildman–Crippen MR) is 63.3 cm³/mol. The van der Waals surface area contributed by atoms with Gasteiger partial charge in [0.2, 0.25) is 0 Å².